The molecule has 0 fully saturated rings. The van der Waals surface area contributed by atoms with Gasteiger partial charge in [0.1, 0.15) is 0 Å². The molecule has 0 heterocycles. The fraction of sp³-hybridized carbons (Fsp3) is 0.600. The summed E-state index contributed by atoms with van der Waals surface area (Å²) in [5.74, 6) is 0. The van der Waals surface area contributed by atoms with Crippen LogP contribution in [-0.2, 0) is 6.42 Å². The quantitative estimate of drug-likeness (QED) is 0.883. The highest BCUT2D eigenvalue weighted by molar-refractivity contribution is 5.34. The second-order valence-corrected chi connectivity index (χ2v) is 5.17. The Morgan fingerprint density at radius 2 is 2.11 bits per heavy atom. The third kappa shape index (κ3) is 3.31. The van der Waals surface area contributed by atoms with Crippen LogP contribution in [0.25, 0.3) is 0 Å². The van der Waals surface area contributed by atoms with Crippen molar-refractivity contribution in [3.63, 3.8) is 0 Å². The van der Waals surface area contributed by atoms with Gasteiger partial charge < -0.3 is 5.32 Å². The lowest BCUT2D eigenvalue weighted by atomic mass is 9.83. The maximum absolute atomic E-state index is 12.6. The average molecular weight is 268 g/mol. The van der Waals surface area contributed by atoms with E-state index in [1.807, 2.05) is 12.1 Å². The second-order valence-electron chi connectivity index (χ2n) is 5.17. The number of rotatable bonds is 5. The first kappa shape index (κ1) is 14.4. The summed E-state index contributed by atoms with van der Waals surface area (Å²) in [4.78, 5) is 1.80. The van der Waals surface area contributed by atoms with Gasteiger partial charge in [-0.05, 0) is 37.6 Å². The largest absolute Gasteiger partial charge is 0.309 e. The minimum absolute atomic E-state index is 0.142. The van der Waals surface area contributed by atoms with Gasteiger partial charge in [-0.15, -0.1) is 0 Å². The van der Waals surface area contributed by atoms with Crippen molar-refractivity contribution in [3.05, 3.63) is 35.4 Å². The van der Waals surface area contributed by atoms with Crippen LogP contribution in [0.2, 0.25) is 0 Å². The lowest BCUT2D eigenvalue weighted by molar-refractivity contribution is 0.0652. The molecule has 2 unspecified atom stereocenters. The fourth-order valence-corrected chi connectivity index (χ4v) is 3.04. The van der Waals surface area contributed by atoms with Crippen molar-refractivity contribution in [2.45, 2.75) is 38.3 Å². The fourth-order valence-electron chi connectivity index (χ4n) is 3.04. The predicted molar refractivity (Wildman–Crippen MR) is 73.6 cm³/mol. The van der Waals surface area contributed by atoms with Crippen LogP contribution in [-0.4, -0.2) is 37.5 Å². The summed E-state index contributed by atoms with van der Waals surface area (Å²) in [5.41, 5.74) is 2.61. The normalized spacial score (nSPS) is 22.8. The summed E-state index contributed by atoms with van der Waals surface area (Å²) >= 11 is 0. The molecule has 19 heavy (non-hydrogen) atoms. The third-order valence-electron chi connectivity index (χ3n) is 3.90. The molecule has 1 aromatic carbocycles. The van der Waals surface area contributed by atoms with E-state index in [2.05, 4.69) is 24.4 Å². The van der Waals surface area contributed by atoms with E-state index in [0.717, 1.165) is 19.4 Å². The Labute approximate surface area is 113 Å². The Morgan fingerprint density at radius 3 is 2.79 bits per heavy atom. The van der Waals surface area contributed by atoms with Gasteiger partial charge in [-0.1, -0.05) is 31.2 Å². The van der Waals surface area contributed by atoms with Gasteiger partial charge in [0, 0.05) is 12.1 Å². The van der Waals surface area contributed by atoms with Crippen LogP contribution in [0.15, 0.2) is 24.3 Å². The van der Waals surface area contributed by atoms with Gasteiger partial charge in [0.15, 0.2) is 0 Å². The van der Waals surface area contributed by atoms with Crippen LogP contribution in [0.5, 0.6) is 0 Å². The van der Waals surface area contributed by atoms with Gasteiger partial charge in [-0.25, -0.2) is 8.78 Å². The highest BCUT2D eigenvalue weighted by Gasteiger charge is 2.32. The standard InChI is InChI=1S/C15H22F2N2/c1-3-18-15-12-7-5-4-6-11(12)8-9-13(15)19(2)10-14(16)17/h4-7,13-15,18H,3,8-10H2,1-2H3. The number of aryl methyl sites for hydroxylation is 1. The highest BCUT2D eigenvalue weighted by atomic mass is 19.3. The minimum Gasteiger partial charge on any atom is -0.309 e. The molecule has 0 spiro atoms. The Hall–Kier alpha value is -1.00. The van der Waals surface area contributed by atoms with Gasteiger partial charge in [-0.2, -0.15) is 0 Å². The zero-order chi connectivity index (χ0) is 13.8. The molecule has 1 aliphatic rings. The van der Waals surface area contributed by atoms with E-state index in [1.165, 1.54) is 11.1 Å². The molecular weight excluding hydrogens is 246 g/mol. The van der Waals surface area contributed by atoms with E-state index < -0.39 is 6.43 Å². The molecule has 0 radical (unpaired) electrons. The number of nitrogens with one attached hydrogen (secondary N) is 1. The van der Waals surface area contributed by atoms with Crippen LogP contribution in [0.1, 0.15) is 30.5 Å². The molecule has 1 aromatic rings. The SMILES string of the molecule is CCNC1c2ccccc2CCC1N(C)CC(F)F. The van der Waals surface area contributed by atoms with Crippen molar-refractivity contribution in [2.24, 2.45) is 0 Å². The Balaban J connectivity index is 2.21. The van der Waals surface area contributed by atoms with Crippen LogP contribution >= 0.6 is 0 Å². The van der Waals surface area contributed by atoms with Crippen molar-refractivity contribution in [2.75, 3.05) is 20.1 Å². The van der Waals surface area contributed by atoms with Crippen LogP contribution < -0.4 is 5.32 Å². The van der Waals surface area contributed by atoms with Gasteiger partial charge in [0.05, 0.1) is 6.54 Å². The van der Waals surface area contributed by atoms with E-state index in [1.54, 1.807) is 11.9 Å². The maximum atomic E-state index is 12.6. The number of nitrogens with zero attached hydrogens (tertiary/aromatic N) is 1. The summed E-state index contributed by atoms with van der Waals surface area (Å²) in [7, 11) is 1.80. The van der Waals surface area contributed by atoms with E-state index in [9.17, 15) is 8.78 Å². The van der Waals surface area contributed by atoms with Gasteiger partial charge in [0.2, 0.25) is 0 Å². The molecule has 0 aromatic heterocycles. The number of fused-ring (bicyclic) bond motifs is 1. The number of hydrogen-bond acceptors (Lipinski definition) is 2. The Bertz CT molecular complexity index is 409. The first-order valence-electron chi connectivity index (χ1n) is 6.93. The smallest absolute Gasteiger partial charge is 0.251 e. The van der Waals surface area contributed by atoms with E-state index in [4.69, 9.17) is 0 Å². The number of likely N-dealkylation sites (N-methyl/N-ethyl adjacent to an activating group) is 2. The lowest BCUT2D eigenvalue weighted by Crippen LogP contribution is -2.47. The van der Waals surface area contributed by atoms with Crippen molar-refractivity contribution in [1.29, 1.82) is 0 Å². The summed E-state index contributed by atoms with van der Waals surface area (Å²) < 4.78 is 25.2. The zero-order valence-corrected chi connectivity index (χ0v) is 11.6. The summed E-state index contributed by atoms with van der Waals surface area (Å²) in [6, 6.07) is 8.63. The molecule has 1 aliphatic carbocycles. The van der Waals surface area contributed by atoms with Crippen molar-refractivity contribution >= 4 is 0 Å². The Kier molecular flexibility index (Phi) is 4.88. The van der Waals surface area contributed by atoms with Gasteiger partial charge in [-0.3, -0.25) is 4.90 Å². The number of alkyl halides is 2. The summed E-state index contributed by atoms with van der Waals surface area (Å²) in [5, 5.41) is 3.46. The topological polar surface area (TPSA) is 15.3 Å². The molecule has 1 N–H and O–H groups in total. The van der Waals surface area contributed by atoms with Gasteiger partial charge in [0.25, 0.3) is 6.43 Å². The van der Waals surface area contributed by atoms with Crippen LogP contribution in [0, 0.1) is 0 Å². The summed E-state index contributed by atoms with van der Waals surface area (Å²) in [6.07, 6.45) is -0.377. The molecule has 0 amide bonds. The molecule has 2 nitrogen and oxygen atoms in total. The molecular formula is C15H22F2N2. The molecule has 0 aliphatic heterocycles. The van der Waals surface area contributed by atoms with Crippen molar-refractivity contribution < 1.29 is 8.78 Å². The van der Waals surface area contributed by atoms with Crippen molar-refractivity contribution in [1.82, 2.24) is 10.2 Å². The van der Waals surface area contributed by atoms with E-state index in [-0.39, 0.29) is 18.6 Å². The first-order valence-corrected chi connectivity index (χ1v) is 6.93. The number of hydrogen-bond donors (Lipinski definition) is 1. The number of halogens is 2. The Morgan fingerprint density at radius 1 is 1.37 bits per heavy atom. The molecule has 0 saturated heterocycles. The highest BCUT2D eigenvalue weighted by Crippen LogP contribution is 2.32. The van der Waals surface area contributed by atoms with E-state index >= 15 is 0 Å². The van der Waals surface area contributed by atoms with Crippen LogP contribution in [0.3, 0.4) is 0 Å². The van der Waals surface area contributed by atoms with E-state index in [0.29, 0.717) is 0 Å². The minimum atomic E-state index is -2.27. The molecule has 4 heteroatoms. The first-order chi connectivity index (χ1) is 9.13. The number of benzene rings is 1. The lowest BCUT2D eigenvalue weighted by Gasteiger charge is -2.39. The maximum Gasteiger partial charge on any atom is 0.251 e. The van der Waals surface area contributed by atoms with Crippen molar-refractivity contribution in [3.8, 4) is 0 Å². The van der Waals surface area contributed by atoms with Crippen LogP contribution in [0.4, 0.5) is 8.78 Å². The predicted octanol–water partition coefficient (Wildman–Crippen LogP) is 2.85. The third-order valence-corrected chi connectivity index (χ3v) is 3.90. The second kappa shape index (κ2) is 6.44. The molecule has 0 saturated carbocycles. The monoisotopic (exact) mass is 268 g/mol. The zero-order valence-electron chi connectivity index (χ0n) is 11.6. The van der Waals surface area contributed by atoms with Gasteiger partial charge >= 0.3 is 0 Å². The summed E-state index contributed by atoms with van der Waals surface area (Å²) in [6.45, 7) is 2.74. The molecule has 0 bridgehead atoms. The molecule has 106 valence electrons. The molecule has 2 atom stereocenters. The molecule has 2 rings (SSSR count). The average Bonchev–Trinajstić information content (AvgIpc) is 2.38.